The van der Waals surface area contributed by atoms with Crippen LogP contribution in [0.15, 0.2) is 72.8 Å². The molecule has 0 aliphatic carbocycles. The predicted octanol–water partition coefficient (Wildman–Crippen LogP) is 4.08. The van der Waals surface area contributed by atoms with E-state index in [-0.39, 0.29) is 23.8 Å². The molecule has 0 saturated carbocycles. The molecule has 142 valence electrons. The average molecular weight is 382 g/mol. The minimum absolute atomic E-state index is 0.0443. The maximum Gasteiger partial charge on any atom is 0.266 e. The molecule has 0 radical (unpaired) electrons. The molecule has 5 nitrogen and oxygen atoms in total. The van der Waals surface area contributed by atoms with E-state index < -0.39 is 0 Å². The van der Waals surface area contributed by atoms with E-state index in [4.69, 9.17) is 0 Å². The number of rotatable bonds is 2. The van der Waals surface area contributed by atoms with Crippen LogP contribution in [0, 0.1) is 0 Å². The highest BCUT2D eigenvalue weighted by molar-refractivity contribution is 6.34. The van der Waals surface area contributed by atoms with Crippen molar-refractivity contribution in [1.82, 2.24) is 0 Å². The van der Waals surface area contributed by atoms with Crippen LogP contribution in [0.3, 0.4) is 0 Å². The first-order valence-electron chi connectivity index (χ1n) is 9.55. The van der Waals surface area contributed by atoms with Crippen molar-refractivity contribution in [1.29, 1.82) is 0 Å². The fourth-order valence-corrected chi connectivity index (χ4v) is 4.22. The smallest absolute Gasteiger partial charge is 0.266 e. The van der Waals surface area contributed by atoms with Gasteiger partial charge in [-0.1, -0.05) is 36.4 Å². The fourth-order valence-electron chi connectivity index (χ4n) is 4.22. The van der Waals surface area contributed by atoms with Crippen LogP contribution in [-0.2, 0) is 6.42 Å². The Morgan fingerprint density at radius 2 is 1.52 bits per heavy atom. The second-order valence-electron chi connectivity index (χ2n) is 7.40. The summed E-state index contributed by atoms with van der Waals surface area (Å²) in [4.78, 5) is 41.8. The predicted molar refractivity (Wildman–Crippen MR) is 110 cm³/mol. The normalized spacial score (nSPS) is 17.5. The van der Waals surface area contributed by atoms with Crippen LogP contribution in [0.2, 0.25) is 0 Å². The number of hydrogen-bond acceptors (Lipinski definition) is 3. The third kappa shape index (κ3) is 2.58. The number of benzene rings is 3. The number of amides is 3. The van der Waals surface area contributed by atoms with Gasteiger partial charge in [-0.05, 0) is 55.3 Å². The summed E-state index contributed by atoms with van der Waals surface area (Å²) in [5.41, 5.74) is 3.68. The van der Waals surface area contributed by atoms with E-state index in [0.717, 1.165) is 22.6 Å². The third-order valence-electron chi connectivity index (χ3n) is 5.57. The lowest BCUT2D eigenvalue weighted by Crippen LogP contribution is -2.36. The van der Waals surface area contributed by atoms with Gasteiger partial charge in [0.05, 0.1) is 16.8 Å². The van der Waals surface area contributed by atoms with Crippen molar-refractivity contribution in [3.05, 3.63) is 95.1 Å². The van der Waals surface area contributed by atoms with Gasteiger partial charge in [0.25, 0.3) is 17.7 Å². The zero-order chi connectivity index (χ0) is 20.1. The summed E-state index contributed by atoms with van der Waals surface area (Å²) in [6.45, 7) is 2.02. The van der Waals surface area contributed by atoms with Crippen LogP contribution in [-0.4, -0.2) is 23.8 Å². The molecule has 3 aromatic carbocycles. The summed E-state index contributed by atoms with van der Waals surface area (Å²) in [6, 6.07) is 21.4. The standard InChI is InChI=1S/C24H18N2O3/c1-15-13-16-7-2-5-12-21(16)25(15)22(27)17-8-6-9-18(14-17)26-23(28)19-10-3-4-11-20(19)24(26)29/h2-12,14-15H,13H2,1H3/t15-/m0/s1. The first kappa shape index (κ1) is 17.4. The molecule has 0 spiro atoms. The van der Waals surface area contributed by atoms with Gasteiger partial charge in [0.2, 0.25) is 0 Å². The lowest BCUT2D eigenvalue weighted by atomic mass is 10.1. The molecule has 2 aliphatic rings. The summed E-state index contributed by atoms with van der Waals surface area (Å²) >= 11 is 0. The first-order valence-corrected chi connectivity index (χ1v) is 9.55. The largest absolute Gasteiger partial charge is 0.305 e. The quantitative estimate of drug-likeness (QED) is 0.628. The molecule has 0 saturated heterocycles. The number of nitrogens with zero attached hydrogens (tertiary/aromatic N) is 2. The number of fused-ring (bicyclic) bond motifs is 2. The molecule has 3 aromatic rings. The molecule has 1 atom stereocenters. The Kier molecular flexibility index (Phi) is 3.84. The van der Waals surface area contributed by atoms with Crippen LogP contribution in [0.25, 0.3) is 0 Å². The molecule has 0 unspecified atom stereocenters. The lowest BCUT2D eigenvalue weighted by Gasteiger charge is -2.23. The number of carbonyl (C=O) groups is 3. The number of carbonyl (C=O) groups excluding carboxylic acids is 3. The summed E-state index contributed by atoms with van der Waals surface area (Å²) in [6.07, 6.45) is 0.806. The summed E-state index contributed by atoms with van der Waals surface area (Å²) in [5, 5.41) is 0. The van der Waals surface area contributed by atoms with Gasteiger partial charge in [0.1, 0.15) is 0 Å². The van der Waals surface area contributed by atoms with Crippen molar-refractivity contribution in [2.24, 2.45) is 0 Å². The molecule has 5 heteroatoms. The van der Waals surface area contributed by atoms with Gasteiger partial charge in [-0.15, -0.1) is 0 Å². The molecular formula is C24H18N2O3. The Balaban J connectivity index is 1.51. The monoisotopic (exact) mass is 382 g/mol. The highest BCUT2D eigenvalue weighted by Crippen LogP contribution is 2.34. The second-order valence-corrected chi connectivity index (χ2v) is 7.40. The van der Waals surface area contributed by atoms with E-state index in [9.17, 15) is 14.4 Å². The van der Waals surface area contributed by atoms with E-state index in [1.807, 2.05) is 31.2 Å². The van der Waals surface area contributed by atoms with Crippen molar-refractivity contribution in [3.8, 4) is 0 Å². The van der Waals surface area contributed by atoms with Crippen molar-refractivity contribution in [3.63, 3.8) is 0 Å². The third-order valence-corrected chi connectivity index (χ3v) is 5.57. The second kappa shape index (κ2) is 6.41. The van der Waals surface area contributed by atoms with Gasteiger partial charge < -0.3 is 4.90 Å². The van der Waals surface area contributed by atoms with E-state index >= 15 is 0 Å². The van der Waals surface area contributed by atoms with Crippen molar-refractivity contribution < 1.29 is 14.4 Å². The molecule has 0 aromatic heterocycles. The SMILES string of the molecule is C[C@H]1Cc2ccccc2N1C(=O)c1cccc(N2C(=O)c3ccccc3C2=O)c1. The minimum Gasteiger partial charge on any atom is -0.305 e. The molecule has 2 aliphatic heterocycles. The highest BCUT2D eigenvalue weighted by atomic mass is 16.2. The van der Waals surface area contributed by atoms with E-state index in [2.05, 4.69) is 0 Å². The van der Waals surface area contributed by atoms with Gasteiger partial charge in [0, 0.05) is 17.3 Å². The molecule has 5 rings (SSSR count). The number of anilines is 2. The molecule has 0 fully saturated rings. The van der Waals surface area contributed by atoms with Crippen molar-refractivity contribution >= 4 is 29.1 Å². The van der Waals surface area contributed by atoms with Gasteiger partial charge >= 0.3 is 0 Å². The maximum atomic E-state index is 13.3. The highest BCUT2D eigenvalue weighted by Gasteiger charge is 2.37. The average Bonchev–Trinajstić information content (AvgIpc) is 3.21. The van der Waals surface area contributed by atoms with Crippen LogP contribution < -0.4 is 9.80 Å². The summed E-state index contributed by atoms with van der Waals surface area (Å²) in [7, 11) is 0. The van der Waals surface area contributed by atoms with Gasteiger partial charge in [-0.2, -0.15) is 0 Å². The zero-order valence-corrected chi connectivity index (χ0v) is 15.8. The number of imide groups is 1. The Bertz CT molecular complexity index is 1150. The fraction of sp³-hybridized carbons (Fsp3) is 0.125. The molecule has 0 bridgehead atoms. The summed E-state index contributed by atoms with van der Waals surface area (Å²) in [5.74, 6) is -0.869. The van der Waals surface area contributed by atoms with Gasteiger partial charge in [-0.3, -0.25) is 14.4 Å². The van der Waals surface area contributed by atoms with Crippen LogP contribution in [0.5, 0.6) is 0 Å². The van der Waals surface area contributed by atoms with Crippen molar-refractivity contribution in [2.45, 2.75) is 19.4 Å². The lowest BCUT2D eigenvalue weighted by molar-refractivity contribution is 0.0922. The van der Waals surface area contributed by atoms with Gasteiger partial charge in [0.15, 0.2) is 0 Å². The van der Waals surface area contributed by atoms with E-state index in [1.165, 1.54) is 0 Å². The molecule has 29 heavy (non-hydrogen) atoms. The zero-order valence-electron chi connectivity index (χ0n) is 15.8. The Labute approximate surface area is 168 Å². The Hall–Kier alpha value is -3.73. The topological polar surface area (TPSA) is 57.7 Å². The number of hydrogen-bond donors (Lipinski definition) is 0. The minimum atomic E-state index is -0.366. The van der Waals surface area contributed by atoms with Gasteiger partial charge in [-0.25, -0.2) is 4.90 Å². The molecule has 3 amide bonds. The van der Waals surface area contributed by atoms with Crippen LogP contribution in [0.1, 0.15) is 43.6 Å². The van der Waals surface area contributed by atoms with E-state index in [1.54, 1.807) is 53.4 Å². The molecule has 0 N–H and O–H groups in total. The number of para-hydroxylation sites is 1. The van der Waals surface area contributed by atoms with E-state index in [0.29, 0.717) is 22.4 Å². The molecule has 2 heterocycles. The Morgan fingerprint density at radius 1 is 0.862 bits per heavy atom. The molecular weight excluding hydrogens is 364 g/mol. The Morgan fingerprint density at radius 3 is 2.24 bits per heavy atom. The van der Waals surface area contributed by atoms with Crippen LogP contribution in [0.4, 0.5) is 11.4 Å². The first-order chi connectivity index (χ1) is 14.1. The van der Waals surface area contributed by atoms with Crippen LogP contribution >= 0.6 is 0 Å². The summed E-state index contributed by atoms with van der Waals surface area (Å²) < 4.78 is 0. The van der Waals surface area contributed by atoms with Crippen molar-refractivity contribution in [2.75, 3.05) is 9.80 Å². The maximum absolute atomic E-state index is 13.3.